The maximum Gasteiger partial charge on any atom is 0.269 e. The van der Waals surface area contributed by atoms with Crippen LogP contribution in [0.3, 0.4) is 0 Å². The highest BCUT2D eigenvalue weighted by Gasteiger charge is 2.39. The van der Waals surface area contributed by atoms with E-state index < -0.39 is 5.54 Å². The minimum atomic E-state index is -0.539. The molecule has 2 aromatic rings. The molecule has 2 aromatic carbocycles. The van der Waals surface area contributed by atoms with Crippen LogP contribution in [0.2, 0.25) is 0 Å². The first-order chi connectivity index (χ1) is 13.6. The van der Waals surface area contributed by atoms with Crippen molar-refractivity contribution in [2.24, 2.45) is 0 Å². The second-order valence-corrected chi connectivity index (χ2v) is 9.31. The lowest BCUT2D eigenvalue weighted by Gasteiger charge is -2.40. The first-order valence-electron chi connectivity index (χ1n) is 10.4. The van der Waals surface area contributed by atoms with E-state index in [-0.39, 0.29) is 21.8 Å². The number of carbonyl (C=O) groups is 1. The molecule has 0 saturated carbocycles. The number of rotatable bonds is 4. The summed E-state index contributed by atoms with van der Waals surface area (Å²) in [7, 11) is 0. The molecule has 5 heteroatoms. The number of fused-ring (bicyclic) bond motifs is 3. The van der Waals surface area contributed by atoms with Crippen LogP contribution in [-0.4, -0.2) is 34.2 Å². The van der Waals surface area contributed by atoms with E-state index in [0.717, 1.165) is 53.7 Å². The topological polar surface area (TPSA) is 63.5 Å². The average molecular weight is 392 g/mol. The summed E-state index contributed by atoms with van der Waals surface area (Å²) in [5, 5.41) is 11.2. The first kappa shape index (κ1) is 19.8. The number of non-ortho nitro benzene ring substituents is 1. The number of piperidine rings is 1. The van der Waals surface area contributed by atoms with Crippen molar-refractivity contribution >= 4 is 11.5 Å². The zero-order chi connectivity index (χ0) is 21.0. The molecule has 0 amide bonds. The lowest BCUT2D eigenvalue weighted by atomic mass is 9.80. The molecule has 4 rings (SSSR count). The third-order valence-electron chi connectivity index (χ3n) is 6.83. The molecule has 1 aliphatic carbocycles. The SMILES string of the molecule is CC1(C)c2cc(C(=O)C(C)(C)N3CCCCC3)ccc2-c2ccc([N+](=O)[O-])cc21. The molecule has 0 unspecified atom stereocenters. The number of Topliss-reactive ketones (excluding diaryl/α,β-unsaturated/α-hetero) is 1. The summed E-state index contributed by atoms with van der Waals surface area (Å²) in [4.78, 5) is 26.7. The van der Waals surface area contributed by atoms with E-state index in [9.17, 15) is 14.9 Å². The highest BCUT2D eigenvalue weighted by atomic mass is 16.6. The van der Waals surface area contributed by atoms with Crippen molar-refractivity contribution in [1.82, 2.24) is 4.90 Å². The molecular formula is C24H28N2O3. The number of ketones is 1. The van der Waals surface area contributed by atoms with Gasteiger partial charge in [-0.25, -0.2) is 0 Å². The van der Waals surface area contributed by atoms with Crippen molar-refractivity contribution in [3.8, 4) is 11.1 Å². The lowest BCUT2D eigenvalue weighted by molar-refractivity contribution is -0.384. The molecular weight excluding hydrogens is 364 g/mol. The smallest absolute Gasteiger partial charge is 0.269 e. The molecule has 152 valence electrons. The van der Waals surface area contributed by atoms with Crippen molar-refractivity contribution in [2.75, 3.05) is 13.1 Å². The highest BCUT2D eigenvalue weighted by molar-refractivity contribution is 6.03. The molecule has 0 aromatic heterocycles. The van der Waals surface area contributed by atoms with Gasteiger partial charge in [0, 0.05) is 23.1 Å². The molecule has 1 saturated heterocycles. The summed E-state index contributed by atoms with van der Waals surface area (Å²) in [6, 6.07) is 11.0. The Hall–Kier alpha value is -2.53. The quantitative estimate of drug-likeness (QED) is 0.400. The Bertz CT molecular complexity index is 1000. The van der Waals surface area contributed by atoms with Gasteiger partial charge in [-0.2, -0.15) is 0 Å². The van der Waals surface area contributed by atoms with Crippen LogP contribution in [0.1, 0.15) is 68.4 Å². The summed E-state index contributed by atoms with van der Waals surface area (Å²) in [5.41, 5.74) is 3.99. The fourth-order valence-electron chi connectivity index (χ4n) is 4.93. The second-order valence-electron chi connectivity index (χ2n) is 9.31. The Morgan fingerprint density at radius 1 is 1.00 bits per heavy atom. The van der Waals surface area contributed by atoms with Gasteiger partial charge in [0.05, 0.1) is 10.5 Å². The van der Waals surface area contributed by atoms with Crippen molar-refractivity contribution in [1.29, 1.82) is 0 Å². The summed E-state index contributed by atoms with van der Waals surface area (Å²) >= 11 is 0. The predicted octanol–water partition coefficient (Wildman–Crippen LogP) is 5.35. The van der Waals surface area contributed by atoms with Crippen LogP contribution in [0, 0.1) is 10.1 Å². The number of hydrogen-bond donors (Lipinski definition) is 0. The van der Waals surface area contributed by atoms with Gasteiger partial charge < -0.3 is 0 Å². The molecule has 0 spiro atoms. The predicted molar refractivity (Wildman–Crippen MR) is 114 cm³/mol. The van der Waals surface area contributed by atoms with Crippen LogP contribution >= 0.6 is 0 Å². The molecule has 29 heavy (non-hydrogen) atoms. The molecule has 0 N–H and O–H groups in total. The maximum absolute atomic E-state index is 13.5. The van der Waals surface area contributed by atoms with E-state index in [1.165, 1.54) is 6.42 Å². The molecule has 1 fully saturated rings. The third-order valence-corrected chi connectivity index (χ3v) is 6.83. The Balaban J connectivity index is 1.73. The number of benzene rings is 2. The van der Waals surface area contributed by atoms with Crippen LogP contribution in [-0.2, 0) is 5.41 Å². The summed E-state index contributed by atoms with van der Waals surface area (Å²) in [5.74, 6) is 0.139. The van der Waals surface area contributed by atoms with Crippen molar-refractivity contribution in [3.63, 3.8) is 0 Å². The zero-order valence-corrected chi connectivity index (χ0v) is 17.6. The molecule has 0 bridgehead atoms. The Kier molecular flexibility index (Phi) is 4.61. The van der Waals surface area contributed by atoms with Gasteiger partial charge in [-0.1, -0.05) is 32.4 Å². The maximum atomic E-state index is 13.5. The van der Waals surface area contributed by atoms with E-state index in [0.29, 0.717) is 0 Å². The van der Waals surface area contributed by atoms with Crippen LogP contribution in [0.4, 0.5) is 5.69 Å². The molecule has 0 atom stereocenters. The van der Waals surface area contributed by atoms with Crippen LogP contribution < -0.4 is 0 Å². The van der Waals surface area contributed by atoms with Crippen LogP contribution in [0.15, 0.2) is 36.4 Å². The van der Waals surface area contributed by atoms with E-state index in [2.05, 4.69) is 18.7 Å². The molecule has 2 aliphatic rings. The standard InChI is InChI=1S/C24H28N2O3/c1-23(2)20-14-16(22(27)24(3,4)25-12-6-5-7-13-25)8-10-18(20)19-11-9-17(26(28)29)15-21(19)23/h8-11,14-15H,5-7,12-13H2,1-4H3. The minimum Gasteiger partial charge on any atom is -0.292 e. The van der Waals surface area contributed by atoms with E-state index in [1.807, 2.05) is 38.1 Å². The number of nitrogens with zero attached hydrogens (tertiary/aromatic N) is 2. The van der Waals surface area contributed by atoms with Gasteiger partial charge >= 0.3 is 0 Å². The largest absolute Gasteiger partial charge is 0.292 e. The van der Waals surface area contributed by atoms with Gasteiger partial charge in [0.25, 0.3) is 5.69 Å². The lowest BCUT2D eigenvalue weighted by Crippen LogP contribution is -2.52. The van der Waals surface area contributed by atoms with Crippen LogP contribution in [0.25, 0.3) is 11.1 Å². The van der Waals surface area contributed by atoms with Crippen molar-refractivity contribution in [2.45, 2.75) is 57.9 Å². The zero-order valence-electron chi connectivity index (χ0n) is 17.6. The monoisotopic (exact) mass is 392 g/mol. The van der Waals surface area contributed by atoms with E-state index >= 15 is 0 Å². The number of likely N-dealkylation sites (tertiary alicyclic amines) is 1. The average Bonchev–Trinajstić information content (AvgIpc) is 2.94. The Morgan fingerprint density at radius 3 is 2.21 bits per heavy atom. The van der Waals surface area contributed by atoms with Crippen molar-refractivity contribution in [3.05, 3.63) is 63.2 Å². The minimum absolute atomic E-state index is 0.104. The highest BCUT2D eigenvalue weighted by Crippen LogP contribution is 2.50. The molecule has 1 aliphatic heterocycles. The van der Waals surface area contributed by atoms with Gasteiger partial charge in [0.2, 0.25) is 0 Å². The first-order valence-corrected chi connectivity index (χ1v) is 10.4. The summed E-state index contributed by atoms with van der Waals surface area (Å²) in [6.07, 6.45) is 3.52. The fourth-order valence-corrected chi connectivity index (χ4v) is 4.93. The normalized spacial score (nSPS) is 18.2. The number of carbonyl (C=O) groups excluding carboxylic acids is 1. The number of nitro groups is 1. The Morgan fingerprint density at radius 2 is 1.59 bits per heavy atom. The van der Waals surface area contributed by atoms with Gasteiger partial charge in [0.1, 0.15) is 0 Å². The van der Waals surface area contributed by atoms with Gasteiger partial charge in [-0.05, 0) is 74.2 Å². The number of hydrogen-bond acceptors (Lipinski definition) is 4. The third kappa shape index (κ3) is 3.08. The molecule has 1 heterocycles. The molecule has 5 nitrogen and oxygen atoms in total. The van der Waals surface area contributed by atoms with Crippen LogP contribution in [0.5, 0.6) is 0 Å². The second kappa shape index (κ2) is 6.77. The van der Waals surface area contributed by atoms with Crippen molar-refractivity contribution < 1.29 is 9.72 Å². The summed E-state index contributed by atoms with van der Waals surface area (Å²) in [6.45, 7) is 10.1. The Labute approximate surface area is 171 Å². The fraction of sp³-hybridized carbons (Fsp3) is 0.458. The summed E-state index contributed by atoms with van der Waals surface area (Å²) < 4.78 is 0. The van der Waals surface area contributed by atoms with Gasteiger partial charge in [-0.15, -0.1) is 0 Å². The number of nitro benzene ring substituents is 1. The van der Waals surface area contributed by atoms with E-state index in [1.54, 1.807) is 12.1 Å². The van der Waals surface area contributed by atoms with Gasteiger partial charge in [-0.3, -0.25) is 19.8 Å². The molecule has 0 radical (unpaired) electrons. The van der Waals surface area contributed by atoms with Gasteiger partial charge in [0.15, 0.2) is 5.78 Å². The van der Waals surface area contributed by atoms with E-state index in [4.69, 9.17) is 0 Å².